The molecule has 0 spiro atoms. The number of hydrogen-bond acceptors (Lipinski definition) is 1. The molecule has 0 saturated heterocycles. The van der Waals surface area contributed by atoms with Gasteiger partial charge in [0.15, 0.2) is 0 Å². The summed E-state index contributed by atoms with van der Waals surface area (Å²) in [4.78, 5) is 0. The third kappa shape index (κ3) is 8.11. The molecule has 6 rings (SSSR count). The highest BCUT2D eigenvalue weighted by Crippen LogP contribution is 2.61. The fourth-order valence-corrected chi connectivity index (χ4v) is 8.85. The molecule has 4 aliphatic carbocycles. The summed E-state index contributed by atoms with van der Waals surface area (Å²) >= 11 is 0. The highest BCUT2D eigenvalue weighted by Gasteiger charge is 2.51. The molecule has 2 aromatic rings. The molecule has 1 N–H and O–H groups in total. The van der Waals surface area contributed by atoms with Gasteiger partial charge in [-0.3, -0.25) is 0 Å². The third-order valence-corrected chi connectivity index (χ3v) is 11.4. The minimum atomic E-state index is -0.0899. The van der Waals surface area contributed by atoms with E-state index >= 15 is 0 Å². The molecule has 0 aliphatic heterocycles. The fourth-order valence-electron chi connectivity index (χ4n) is 8.85. The summed E-state index contributed by atoms with van der Waals surface area (Å²) in [5, 5.41) is 3.81. The maximum atomic E-state index is 4.38. The van der Waals surface area contributed by atoms with E-state index in [1.54, 1.807) is 5.57 Å². The van der Waals surface area contributed by atoms with Gasteiger partial charge in [0.05, 0.1) is 6.04 Å². The lowest BCUT2D eigenvalue weighted by molar-refractivity contribution is 0.266. The molecule has 4 aliphatic rings. The molecule has 2 aromatic carbocycles. The summed E-state index contributed by atoms with van der Waals surface area (Å²) in [5.41, 5.74) is 14.1. The average molecular weight is 696 g/mol. The van der Waals surface area contributed by atoms with Gasteiger partial charge in [0, 0.05) is 11.1 Å². The van der Waals surface area contributed by atoms with Crippen molar-refractivity contribution in [3.8, 4) is 11.1 Å². The molecule has 0 aromatic heterocycles. The SMILES string of the molecule is C=CC(/C=C/C(N/C(=C\C)C(=C)/C=C\C=C/C)c1cccc(-c2ccc3c(c2)C2=C(CCC=C2)C3(C2=CC=CCC=C2)C2CCCCC2)c1)=C\C=C/C. The Morgan fingerprint density at radius 3 is 2.51 bits per heavy atom. The van der Waals surface area contributed by atoms with E-state index in [0.717, 1.165) is 36.1 Å². The van der Waals surface area contributed by atoms with Crippen LogP contribution in [0.15, 0.2) is 193 Å². The van der Waals surface area contributed by atoms with Gasteiger partial charge < -0.3 is 5.32 Å². The van der Waals surface area contributed by atoms with E-state index in [4.69, 9.17) is 0 Å². The first-order valence-electron chi connectivity index (χ1n) is 19.8. The standard InChI is InChI=1S/C52H57N/c1-6-10-15-23-39(5)50(9-4)53-51(36-33-40(8-3)24-11-7-2)43-26-22-25-41(37-43)42-34-35-49-47(38-42)46-31-20-21-32-48(46)52(49,45-29-18-14-19-30-45)44-27-16-12-13-17-28-44/h6-12,15-17,20,22-28,31,33-38,45,51,53H,3,5,13-14,18-19,21,29-30,32H2,1-2,4H3/b10-6-,11-7-,23-15-,36-33+,40-24+,50-9-. The van der Waals surface area contributed by atoms with Crippen LogP contribution < -0.4 is 5.32 Å². The molecular weight excluding hydrogens is 639 g/mol. The number of benzene rings is 2. The van der Waals surface area contributed by atoms with E-state index < -0.39 is 0 Å². The van der Waals surface area contributed by atoms with E-state index in [1.807, 2.05) is 50.3 Å². The molecule has 0 heterocycles. The molecule has 2 unspecified atom stereocenters. The van der Waals surface area contributed by atoms with Crippen LogP contribution in [0.25, 0.3) is 16.7 Å². The molecule has 0 bridgehead atoms. The van der Waals surface area contributed by atoms with Gasteiger partial charge in [0.1, 0.15) is 0 Å². The van der Waals surface area contributed by atoms with E-state index in [2.05, 4.69) is 141 Å². The Hall–Kier alpha value is -5.14. The quantitative estimate of drug-likeness (QED) is 0.206. The summed E-state index contributed by atoms with van der Waals surface area (Å²) in [6.45, 7) is 14.6. The number of allylic oxidation sites excluding steroid dienone is 21. The summed E-state index contributed by atoms with van der Waals surface area (Å²) < 4.78 is 0. The van der Waals surface area contributed by atoms with Crippen molar-refractivity contribution in [1.29, 1.82) is 0 Å². The Balaban J connectivity index is 1.43. The zero-order valence-electron chi connectivity index (χ0n) is 32.2. The Morgan fingerprint density at radius 1 is 0.887 bits per heavy atom. The summed E-state index contributed by atoms with van der Waals surface area (Å²) in [6, 6.07) is 16.4. The maximum Gasteiger partial charge on any atom is 0.0701 e. The van der Waals surface area contributed by atoms with E-state index in [1.165, 1.54) is 71.1 Å². The molecule has 270 valence electrons. The normalized spacial score (nSPS) is 21.5. The van der Waals surface area contributed by atoms with Gasteiger partial charge >= 0.3 is 0 Å². The molecular formula is C52H57N. The lowest BCUT2D eigenvalue weighted by Crippen LogP contribution is -2.39. The Bertz CT molecular complexity index is 2020. The molecule has 1 nitrogen and oxygen atoms in total. The molecule has 0 radical (unpaired) electrons. The van der Waals surface area contributed by atoms with Gasteiger partial charge in [-0.15, -0.1) is 0 Å². The highest BCUT2D eigenvalue weighted by molar-refractivity contribution is 5.91. The van der Waals surface area contributed by atoms with E-state index in [-0.39, 0.29) is 11.5 Å². The van der Waals surface area contributed by atoms with Gasteiger partial charge in [-0.2, -0.15) is 0 Å². The minimum Gasteiger partial charge on any atom is -0.375 e. The predicted molar refractivity (Wildman–Crippen MR) is 231 cm³/mol. The first-order chi connectivity index (χ1) is 26.0. The molecule has 1 fully saturated rings. The Morgan fingerprint density at radius 2 is 1.72 bits per heavy atom. The summed E-state index contributed by atoms with van der Waals surface area (Å²) in [6.07, 6.45) is 49.3. The van der Waals surface area contributed by atoms with Gasteiger partial charge in [0.2, 0.25) is 0 Å². The molecule has 2 atom stereocenters. The van der Waals surface area contributed by atoms with Crippen LogP contribution in [0, 0.1) is 5.92 Å². The smallest absolute Gasteiger partial charge is 0.0701 e. The van der Waals surface area contributed by atoms with Crippen LogP contribution >= 0.6 is 0 Å². The van der Waals surface area contributed by atoms with E-state index in [9.17, 15) is 0 Å². The van der Waals surface area contributed by atoms with Crippen LogP contribution in [-0.4, -0.2) is 0 Å². The number of nitrogens with one attached hydrogen (secondary N) is 1. The van der Waals surface area contributed by atoms with Crippen LogP contribution in [0.3, 0.4) is 0 Å². The molecule has 53 heavy (non-hydrogen) atoms. The average Bonchev–Trinajstić information content (AvgIpc) is 3.31. The molecule has 0 amide bonds. The first kappa shape index (κ1) is 37.6. The van der Waals surface area contributed by atoms with Crippen molar-refractivity contribution in [3.05, 3.63) is 210 Å². The van der Waals surface area contributed by atoms with Crippen molar-refractivity contribution in [1.82, 2.24) is 5.32 Å². The zero-order valence-corrected chi connectivity index (χ0v) is 32.2. The van der Waals surface area contributed by atoms with Gasteiger partial charge in [-0.25, -0.2) is 0 Å². The van der Waals surface area contributed by atoms with Crippen molar-refractivity contribution >= 4 is 5.57 Å². The Kier molecular flexibility index (Phi) is 12.8. The van der Waals surface area contributed by atoms with Crippen LogP contribution in [0.5, 0.6) is 0 Å². The van der Waals surface area contributed by atoms with E-state index in [0.29, 0.717) is 5.92 Å². The minimum absolute atomic E-state index is 0.0583. The number of rotatable bonds is 13. The van der Waals surface area contributed by atoms with Crippen molar-refractivity contribution < 1.29 is 0 Å². The zero-order chi connectivity index (χ0) is 37.0. The van der Waals surface area contributed by atoms with Crippen LogP contribution in [0.2, 0.25) is 0 Å². The highest BCUT2D eigenvalue weighted by atomic mass is 14.9. The lowest BCUT2D eigenvalue weighted by Gasteiger charge is -2.45. The molecule has 1 saturated carbocycles. The van der Waals surface area contributed by atoms with Gasteiger partial charge in [0.25, 0.3) is 0 Å². The number of hydrogen-bond donors (Lipinski definition) is 1. The van der Waals surface area contributed by atoms with Crippen molar-refractivity contribution in [3.63, 3.8) is 0 Å². The first-order valence-corrected chi connectivity index (χ1v) is 19.8. The maximum absolute atomic E-state index is 4.38. The molecule has 1 heteroatoms. The van der Waals surface area contributed by atoms with Crippen molar-refractivity contribution in [2.24, 2.45) is 5.92 Å². The largest absolute Gasteiger partial charge is 0.375 e. The van der Waals surface area contributed by atoms with Crippen LogP contribution in [0.1, 0.15) is 94.9 Å². The lowest BCUT2D eigenvalue weighted by atomic mass is 9.58. The topological polar surface area (TPSA) is 12.0 Å². The second kappa shape index (κ2) is 18.1. The summed E-state index contributed by atoms with van der Waals surface area (Å²) in [5.74, 6) is 0.620. The van der Waals surface area contributed by atoms with Crippen molar-refractivity contribution in [2.45, 2.75) is 83.6 Å². The second-order valence-electron chi connectivity index (χ2n) is 14.5. The predicted octanol–water partition coefficient (Wildman–Crippen LogP) is 14.2. The Labute approximate surface area is 320 Å². The van der Waals surface area contributed by atoms with Gasteiger partial charge in [-0.05, 0) is 127 Å². The third-order valence-electron chi connectivity index (χ3n) is 11.4. The van der Waals surface area contributed by atoms with Crippen LogP contribution in [0.4, 0.5) is 0 Å². The van der Waals surface area contributed by atoms with Crippen LogP contribution in [-0.2, 0) is 5.41 Å². The van der Waals surface area contributed by atoms with Crippen molar-refractivity contribution in [2.75, 3.05) is 0 Å². The second-order valence-corrected chi connectivity index (χ2v) is 14.5. The monoisotopic (exact) mass is 695 g/mol. The van der Waals surface area contributed by atoms with Gasteiger partial charge in [-0.1, -0.05) is 172 Å². The fraction of sp³-hybridized carbons (Fsp3) is 0.269. The number of fused-ring (bicyclic) bond motifs is 2. The summed E-state index contributed by atoms with van der Waals surface area (Å²) in [7, 11) is 0.